The maximum absolute atomic E-state index is 13.1. The van der Waals surface area contributed by atoms with Crippen LogP contribution in [0.25, 0.3) is 16.5 Å². The molecule has 156 valence electrons. The Morgan fingerprint density at radius 1 is 1.30 bits per heavy atom. The molecule has 0 bridgehead atoms. The van der Waals surface area contributed by atoms with Gasteiger partial charge in [0.2, 0.25) is 0 Å². The van der Waals surface area contributed by atoms with Gasteiger partial charge in [-0.05, 0) is 29.5 Å². The first-order valence-corrected chi connectivity index (χ1v) is 9.48. The number of carbonyl (C=O) groups is 3. The highest BCUT2D eigenvalue weighted by Crippen LogP contribution is 2.34. The number of carboxylic acid groups (broad SMARTS) is 1. The zero-order valence-corrected chi connectivity index (χ0v) is 16.7. The third-order valence-electron chi connectivity index (χ3n) is 5.06. The van der Waals surface area contributed by atoms with Crippen molar-refractivity contribution in [2.24, 2.45) is 5.92 Å². The van der Waals surface area contributed by atoms with E-state index in [9.17, 15) is 14.4 Å². The van der Waals surface area contributed by atoms with Crippen LogP contribution in [0.3, 0.4) is 0 Å². The lowest BCUT2D eigenvalue weighted by Crippen LogP contribution is -2.55. The molecular formula is C22H23N3O5. The number of hydroxylamine groups is 1. The van der Waals surface area contributed by atoms with E-state index in [1.165, 1.54) is 0 Å². The summed E-state index contributed by atoms with van der Waals surface area (Å²) in [5, 5.41) is 13.4. The van der Waals surface area contributed by atoms with E-state index in [0.29, 0.717) is 11.4 Å². The zero-order valence-electron chi connectivity index (χ0n) is 16.7. The lowest BCUT2D eigenvalue weighted by molar-refractivity contribution is -0.151. The molecular weight excluding hydrogens is 386 g/mol. The Morgan fingerprint density at radius 3 is 2.70 bits per heavy atom. The fraction of sp³-hybridized carbons (Fsp3) is 0.273. The molecule has 0 radical (unpaired) electrons. The highest BCUT2D eigenvalue weighted by molar-refractivity contribution is 6.01. The van der Waals surface area contributed by atoms with Crippen LogP contribution in [0.4, 0.5) is 0 Å². The highest BCUT2D eigenvalue weighted by Gasteiger charge is 2.47. The maximum Gasteiger partial charge on any atom is 0.305 e. The van der Waals surface area contributed by atoms with Crippen LogP contribution >= 0.6 is 0 Å². The molecule has 3 rings (SSSR count). The average molecular weight is 409 g/mol. The van der Waals surface area contributed by atoms with Crippen LogP contribution in [-0.4, -0.2) is 39.4 Å². The molecule has 1 aliphatic heterocycles. The normalized spacial score (nSPS) is 19.1. The molecule has 1 amide bonds. The number of ketones is 1. The fourth-order valence-corrected chi connectivity index (χ4v) is 3.33. The Morgan fingerprint density at radius 2 is 2.03 bits per heavy atom. The van der Waals surface area contributed by atoms with E-state index < -0.39 is 35.7 Å². The van der Waals surface area contributed by atoms with Gasteiger partial charge in [-0.1, -0.05) is 44.7 Å². The molecule has 1 aliphatic rings. The second kappa shape index (κ2) is 8.46. The van der Waals surface area contributed by atoms with Crippen molar-refractivity contribution in [3.63, 3.8) is 0 Å². The average Bonchev–Trinajstić information content (AvgIpc) is 3.18. The molecule has 0 saturated heterocycles. The second-order valence-electron chi connectivity index (χ2n) is 7.32. The van der Waals surface area contributed by atoms with E-state index in [0.717, 1.165) is 16.8 Å². The molecule has 3 N–H and O–H groups in total. The molecule has 1 aromatic heterocycles. The molecule has 0 aliphatic carbocycles. The number of pyridine rings is 1. The molecule has 0 unspecified atom stereocenters. The van der Waals surface area contributed by atoms with Crippen LogP contribution in [-0.2, 0) is 19.2 Å². The van der Waals surface area contributed by atoms with Gasteiger partial charge in [-0.15, -0.1) is 0 Å². The van der Waals surface area contributed by atoms with Gasteiger partial charge < -0.3 is 10.4 Å². The molecule has 2 heterocycles. The van der Waals surface area contributed by atoms with E-state index in [2.05, 4.69) is 22.4 Å². The van der Waals surface area contributed by atoms with Crippen molar-refractivity contribution in [3.05, 3.63) is 61.0 Å². The first-order valence-electron chi connectivity index (χ1n) is 9.48. The van der Waals surface area contributed by atoms with Gasteiger partial charge in [0.1, 0.15) is 6.04 Å². The monoisotopic (exact) mass is 409 g/mol. The van der Waals surface area contributed by atoms with Crippen molar-refractivity contribution < 1.29 is 24.3 Å². The molecule has 0 spiro atoms. The summed E-state index contributed by atoms with van der Waals surface area (Å²) in [6.45, 7) is 6.95. The molecule has 0 saturated carbocycles. The zero-order chi connectivity index (χ0) is 21.9. The predicted molar refractivity (Wildman–Crippen MR) is 111 cm³/mol. The van der Waals surface area contributed by atoms with Crippen molar-refractivity contribution >= 4 is 34.1 Å². The van der Waals surface area contributed by atoms with Gasteiger partial charge in [0.25, 0.3) is 5.91 Å². The highest BCUT2D eigenvalue weighted by atomic mass is 16.7. The summed E-state index contributed by atoms with van der Waals surface area (Å²) in [5.41, 5.74) is 2.47. The number of hydrogen-bond acceptors (Lipinski definition) is 6. The summed E-state index contributed by atoms with van der Waals surface area (Å²) < 4.78 is 0. The van der Waals surface area contributed by atoms with Crippen LogP contribution in [0.2, 0.25) is 0 Å². The predicted octanol–water partition coefficient (Wildman–Crippen LogP) is 2.22. The summed E-state index contributed by atoms with van der Waals surface area (Å²) >= 11 is 0. The van der Waals surface area contributed by atoms with Crippen molar-refractivity contribution in [1.29, 1.82) is 0 Å². The van der Waals surface area contributed by atoms with Crippen molar-refractivity contribution in [1.82, 2.24) is 15.8 Å². The Kier molecular flexibility index (Phi) is 5.98. The third kappa shape index (κ3) is 3.95. The topological polar surface area (TPSA) is 118 Å². The number of rotatable bonds is 8. The Bertz CT molecular complexity index is 1040. The summed E-state index contributed by atoms with van der Waals surface area (Å²) in [7, 11) is 0. The first-order chi connectivity index (χ1) is 14.3. The standard InChI is InChI=1S/C22H23N3O5/c1-4-18(26)16(11-19(27)28)24-21(29)22(13(2)3)12-17(25-30-22)20-15-8-6-5-7-14(15)9-10-23-20/h4-10,12-13,16,25H,1,11H2,2-3H3,(H,24,29)(H,27,28)/t16-,22+/m0/s1. The number of nitrogens with one attached hydrogen (secondary N) is 2. The molecule has 0 fully saturated rings. The first kappa shape index (κ1) is 21.2. The van der Waals surface area contributed by atoms with E-state index in [-0.39, 0.29) is 5.92 Å². The summed E-state index contributed by atoms with van der Waals surface area (Å²) in [6, 6.07) is 8.33. The van der Waals surface area contributed by atoms with E-state index in [4.69, 9.17) is 9.94 Å². The number of benzene rings is 1. The summed E-state index contributed by atoms with van der Waals surface area (Å²) in [6.07, 6.45) is 3.73. The van der Waals surface area contributed by atoms with E-state index in [1.54, 1.807) is 26.1 Å². The van der Waals surface area contributed by atoms with Crippen molar-refractivity contribution in [2.45, 2.75) is 31.9 Å². The van der Waals surface area contributed by atoms with Crippen LogP contribution < -0.4 is 10.8 Å². The van der Waals surface area contributed by atoms with Crippen LogP contribution in [0.5, 0.6) is 0 Å². The van der Waals surface area contributed by atoms with Gasteiger partial charge in [-0.25, -0.2) is 0 Å². The molecule has 2 aromatic rings. The van der Waals surface area contributed by atoms with Crippen LogP contribution in [0.15, 0.2) is 55.3 Å². The minimum Gasteiger partial charge on any atom is -0.481 e. The Balaban J connectivity index is 1.97. The smallest absolute Gasteiger partial charge is 0.305 e. The van der Waals surface area contributed by atoms with Crippen molar-refractivity contribution in [3.8, 4) is 0 Å². The molecule has 8 heteroatoms. The molecule has 8 nitrogen and oxygen atoms in total. The SMILES string of the molecule is C=CC(=O)[C@H](CC(=O)O)NC(=O)[C@]1(C(C)C)C=C(c2nccc3ccccc23)NO1. The van der Waals surface area contributed by atoms with Gasteiger partial charge in [0.05, 0.1) is 17.8 Å². The van der Waals surface area contributed by atoms with Gasteiger partial charge in [-0.2, -0.15) is 0 Å². The number of aliphatic carboxylic acids is 1. The Hall–Kier alpha value is -3.52. The number of carboxylic acids is 1. The van der Waals surface area contributed by atoms with E-state index >= 15 is 0 Å². The fourth-order valence-electron chi connectivity index (χ4n) is 3.33. The lowest BCUT2D eigenvalue weighted by atomic mass is 9.87. The van der Waals surface area contributed by atoms with Crippen molar-refractivity contribution in [2.75, 3.05) is 0 Å². The number of aromatic nitrogens is 1. The number of carbonyl (C=O) groups excluding carboxylic acids is 2. The quantitative estimate of drug-likeness (QED) is 0.572. The minimum atomic E-state index is -1.45. The molecule has 1 aromatic carbocycles. The number of amides is 1. The lowest BCUT2D eigenvalue weighted by Gasteiger charge is -2.29. The second-order valence-corrected chi connectivity index (χ2v) is 7.32. The number of hydrogen-bond donors (Lipinski definition) is 3. The minimum absolute atomic E-state index is 0.332. The molecule has 2 atom stereocenters. The van der Waals surface area contributed by atoms with Crippen LogP contribution in [0.1, 0.15) is 26.0 Å². The Labute approximate surface area is 173 Å². The van der Waals surface area contributed by atoms with Gasteiger partial charge in [-0.3, -0.25) is 29.7 Å². The number of nitrogens with zero attached hydrogens (tertiary/aromatic N) is 1. The van der Waals surface area contributed by atoms with Gasteiger partial charge >= 0.3 is 5.97 Å². The third-order valence-corrected chi connectivity index (χ3v) is 5.06. The largest absolute Gasteiger partial charge is 0.481 e. The van der Waals surface area contributed by atoms with Gasteiger partial charge in [0, 0.05) is 11.6 Å². The summed E-state index contributed by atoms with van der Waals surface area (Å²) in [5.74, 6) is -2.75. The van der Waals surface area contributed by atoms with E-state index in [1.807, 2.05) is 30.3 Å². The summed E-state index contributed by atoms with van der Waals surface area (Å²) in [4.78, 5) is 46.4. The number of fused-ring (bicyclic) bond motifs is 1. The molecule has 30 heavy (non-hydrogen) atoms. The van der Waals surface area contributed by atoms with Gasteiger partial charge in [0.15, 0.2) is 11.4 Å². The maximum atomic E-state index is 13.1. The van der Waals surface area contributed by atoms with Crippen LogP contribution in [0, 0.1) is 5.92 Å².